The van der Waals surface area contributed by atoms with Gasteiger partial charge in [0.05, 0.1) is 6.61 Å². The number of rotatable bonds is 4. The summed E-state index contributed by atoms with van der Waals surface area (Å²) in [6, 6.07) is 15.5. The van der Waals surface area contributed by atoms with Gasteiger partial charge in [-0.2, -0.15) is 0 Å². The van der Waals surface area contributed by atoms with Crippen LogP contribution in [0.15, 0.2) is 48.5 Å². The Hall–Kier alpha value is -1.80. The minimum atomic E-state index is -0.00946. The second-order valence-electron chi connectivity index (χ2n) is 3.83. The van der Waals surface area contributed by atoms with Crippen molar-refractivity contribution in [1.82, 2.24) is 0 Å². The lowest BCUT2D eigenvalue weighted by atomic mass is 10.1. The molecule has 17 heavy (non-hydrogen) atoms. The van der Waals surface area contributed by atoms with E-state index >= 15 is 0 Å². The molecule has 0 spiro atoms. The normalized spacial score (nSPS) is 10.2. The molecule has 0 saturated carbocycles. The first-order chi connectivity index (χ1) is 8.35. The summed E-state index contributed by atoms with van der Waals surface area (Å²) in [5.41, 5.74) is 1.97. The van der Waals surface area contributed by atoms with Crippen molar-refractivity contribution in [2.45, 2.75) is 20.0 Å². The van der Waals surface area contributed by atoms with Crippen LogP contribution in [0, 0.1) is 0 Å². The van der Waals surface area contributed by atoms with Gasteiger partial charge in [0, 0.05) is 5.56 Å². The van der Waals surface area contributed by atoms with E-state index in [1.165, 1.54) is 5.56 Å². The van der Waals surface area contributed by atoms with Crippen molar-refractivity contribution in [3.63, 3.8) is 0 Å². The quantitative estimate of drug-likeness (QED) is 0.867. The molecule has 0 fully saturated rings. The van der Waals surface area contributed by atoms with Crippen molar-refractivity contribution in [3.8, 4) is 11.5 Å². The lowest BCUT2D eigenvalue weighted by Crippen LogP contribution is -1.94. The number of hydrogen-bond acceptors (Lipinski definition) is 2. The maximum atomic E-state index is 9.24. The Labute approximate surface area is 101 Å². The Balaban J connectivity index is 2.31. The van der Waals surface area contributed by atoms with Gasteiger partial charge < -0.3 is 9.84 Å². The molecule has 2 aromatic carbocycles. The molecule has 88 valence electrons. The van der Waals surface area contributed by atoms with E-state index in [9.17, 15) is 5.11 Å². The number of ether oxygens (including phenoxy) is 1. The monoisotopic (exact) mass is 228 g/mol. The largest absolute Gasteiger partial charge is 0.457 e. The highest BCUT2D eigenvalue weighted by molar-refractivity contribution is 5.41. The number of aliphatic hydroxyl groups excluding tert-OH is 1. The van der Waals surface area contributed by atoms with Crippen molar-refractivity contribution in [1.29, 1.82) is 0 Å². The molecule has 0 aliphatic heterocycles. The lowest BCUT2D eigenvalue weighted by Gasteiger charge is -2.12. The van der Waals surface area contributed by atoms with Gasteiger partial charge in [-0.3, -0.25) is 0 Å². The fraction of sp³-hybridized carbons (Fsp3) is 0.200. The molecule has 1 N–H and O–H groups in total. The number of para-hydroxylation sites is 2. The van der Waals surface area contributed by atoms with Crippen LogP contribution in [0.1, 0.15) is 18.1 Å². The van der Waals surface area contributed by atoms with E-state index in [-0.39, 0.29) is 6.61 Å². The van der Waals surface area contributed by atoms with E-state index in [1.54, 1.807) is 0 Å². The van der Waals surface area contributed by atoms with Gasteiger partial charge in [0.2, 0.25) is 0 Å². The maximum Gasteiger partial charge on any atom is 0.132 e. The minimum absolute atomic E-state index is 0.00946. The molecule has 0 saturated heterocycles. The molecule has 2 nitrogen and oxygen atoms in total. The fourth-order valence-electron chi connectivity index (χ4n) is 1.75. The van der Waals surface area contributed by atoms with Gasteiger partial charge in [-0.15, -0.1) is 0 Å². The van der Waals surface area contributed by atoms with E-state index in [1.807, 2.05) is 42.5 Å². The molecule has 0 unspecified atom stereocenters. The summed E-state index contributed by atoms with van der Waals surface area (Å²) in [4.78, 5) is 0. The van der Waals surface area contributed by atoms with Gasteiger partial charge in [0.15, 0.2) is 0 Å². The first-order valence-electron chi connectivity index (χ1n) is 5.79. The van der Waals surface area contributed by atoms with E-state index in [4.69, 9.17) is 4.74 Å². The molecule has 0 aromatic heterocycles. The molecular formula is C15H16O2. The van der Waals surface area contributed by atoms with Crippen molar-refractivity contribution in [3.05, 3.63) is 59.7 Å². The van der Waals surface area contributed by atoms with Crippen molar-refractivity contribution in [2.24, 2.45) is 0 Å². The van der Waals surface area contributed by atoms with Crippen LogP contribution in [0.5, 0.6) is 11.5 Å². The predicted octanol–water partition coefficient (Wildman–Crippen LogP) is 3.53. The predicted molar refractivity (Wildman–Crippen MR) is 68.3 cm³/mol. The second-order valence-corrected chi connectivity index (χ2v) is 3.83. The van der Waals surface area contributed by atoms with Crippen LogP contribution in [0.4, 0.5) is 0 Å². The first-order valence-corrected chi connectivity index (χ1v) is 5.79. The van der Waals surface area contributed by atoms with Gasteiger partial charge in [0.25, 0.3) is 0 Å². The molecule has 0 bridgehead atoms. The van der Waals surface area contributed by atoms with E-state index < -0.39 is 0 Å². The van der Waals surface area contributed by atoms with Gasteiger partial charge in [-0.1, -0.05) is 43.3 Å². The third-order valence-electron chi connectivity index (χ3n) is 2.72. The summed E-state index contributed by atoms with van der Waals surface area (Å²) < 4.78 is 5.86. The summed E-state index contributed by atoms with van der Waals surface area (Å²) >= 11 is 0. The van der Waals surface area contributed by atoms with Crippen LogP contribution < -0.4 is 4.74 Å². The van der Waals surface area contributed by atoms with E-state index in [2.05, 4.69) is 13.0 Å². The van der Waals surface area contributed by atoms with Gasteiger partial charge >= 0.3 is 0 Å². The smallest absolute Gasteiger partial charge is 0.132 e. The number of benzene rings is 2. The fourth-order valence-corrected chi connectivity index (χ4v) is 1.75. The van der Waals surface area contributed by atoms with E-state index in [0.29, 0.717) is 0 Å². The average Bonchev–Trinajstić information content (AvgIpc) is 2.40. The van der Waals surface area contributed by atoms with Gasteiger partial charge in [0.1, 0.15) is 11.5 Å². The Morgan fingerprint density at radius 3 is 2.00 bits per heavy atom. The van der Waals surface area contributed by atoms with Crippen LogP contribution in [0.2, 0.25) is 0 Å². The highest BCUT2D eigenvalue weighted by Crippen LogP contribution is 2.28. The zero-order chi connectivity index (χ0) is 12.1. The molecule has 0 aliphatic rings. The Morgan fingerprint density at radius 2 is 1.41 bits per heavy atom. The molecule has 2 aromatic rings. The number of hydrogen-bond donors (Lipinski definition) is 1. The van der Waals surface area contributed by atoms with Crippen molar-refractivity contribution < 1.29 is 9.84 Å². The summed E-state index contributed by atoms with van der Waals surface area (Å²) in [5, 5.41) is 9.24. The second kappa shape index (κ2) is 5.51. The Kier molecular flexibility index (Phi) is 3.78. The molecule has 2 rings (SSSR count). The third kappa shape index (κ3) is 2.66. The highest BCUT2D eigenvalue weighted by Gasteiger charge is 2.05. The number of aryl methyl sites for hydroxylation is 1. The lowest BCUT2D eigenvalue weighted by molar-refractivity contribution is 0.276. The summed E-state index contributed by atoms with van der Waals surface area (Å²) in [6.45, 7) is 2.09. The average molecular weight is 228 g/mol. The zero-order valence-corrected chi connectivity index (χ0v) is 9.89. The molecule has 0 amide bonds. The summed E-state index contributed by atoms with van der Waals surface area (Å²) in [5.74, 6) is 1.58. The summed E-state index contributed by atoms with van der Waals surface area (Å²) in [6.07, 6.45) is 0.928. The molecule has 0 radical (unpaired) electrons. The molecule has 0 atom stereocenters. The molecule has 0 aliphatic carbocycles. The minimum Gasteiger partial charge on any atom is -0.457 e. The van der Waals surface area contributed by atoms with Crippen LogP contribution in [-0.2, 0) is 13.0 Å². The third-order valence-corrected chi connectivity index (χ3v) is 2.72. The van der Waals surface area contributed by atoms with Crippen LogP contribution in [-0.4, -0.2) is 5.11 Å². The Morgan fingerprint density at radius 1 is 0.882 bits per heavy atom. The van der Waals surface area contributed by atoms with E-state index in [0.717, 1.165) is 23.5 Å². The van der Waals surface area contributed by atoms with Crippen LogP contribution in [0.3, 0.4) is 0 Å². The topological polar surface area (TPSA) is 29.5 Å². The van der Waals surface area contributed by atoms with Gasteiger partial charge in [-0.25, -0.2) is 0 Å². The standard InChI is InChI=1S/C15H16O2/c1-2-12-7-3-5-9-14(12)17-15-10-6-4-8-13(15)11-16/h3-10,16H,2,11H2,1H3. The number of aliphatic hydroxyl groups is 1. The van der Waals surface area contributed by atoms with Crippen LogP contribution >= 0.6 is 0 Å². The zero-order valence-electron chi connectivity index (χ0n) is 9.89. The molecular weight excluding hydrogens is 212 g/mol. The molecule has 2 heteroatoms. The van der Waals surface area contributed by atoms with Gasteiger partial charge in [-0.05, 0) is 24.1 Å². The Bertz CT molecular complexity index is 446. The SMILES string of the molecule is CCc1ccccc1Oc1ccccc1CO. The summed E-state index contributed by atoms with van der Waals surface area (Å²) in [7, 11) is 0. The van der Waals surface area contributed by atoms with Crippen LogP contribution in [0.25, 0.3) is 0 Å². The first kappa shape index (κ1) is 11.7. The van der Waals surface area contributed by atoms with Crippen molar-refractivity contribution >= 4 is 0 Å². The highest BCUT2D eigenvalue weighted by atomic mass is 16.5. The molecule has 0 heterocycles. The van der Waals surface area contributed by atoms with Crippen molar-refractivity contribution in [2.75, 3.05) is 0 Å². The maximum absolute atomic E-state index is 9.24.